The van der Waals surface area contributed by atoms with Crippen molar-refractivity contribution in [1.82, 2.24) is 0 Å². The lowest BCUT2D eigenvalue weighted by molar-refractivity contribution is 0.278. The second-order valence-corrected chi connectivity index (χ2v) is 3.59. The highest BCUT2D eigenvalue weighted by atomic mass is 16.6. The van der Waals surface area contributed by atoms with Crippen LogP contribution in [0.3, 0.4) is 0 Å². The molecule has 0 aromatic rings. The molecule has 10 heavy (non-hydrogen) atoms. The molecule has 0 N–H and O–H groups in total. The quantitative estimate of drug-likeness (QED) is 0.509. The Balaban J connectivity index is 1.93. The summed E-state index contributed by atoms with van der Waals surface area (Å²) in [5, 5.41) is 0. The molecule has 1 saturated heterocycles. The van der Waals surface area contributed by atoms with Crippen molar-refractivity contribution in [2.24, 2.45) is 5.92 Å². The number of ether oxygens (including phenoxy) is 1. The third kappa shape index (κ3) is 1.07. The summed E-state index contributed by atoms with van der Waals surface area (Å²) in [6.07, 6.45) is 8.26. The minimum atomic E-state index is 0.674. The molecule has 2 fully saturated rings. The number of rotatable bonds is 1. The highest BCUT2D eigenvalue weighted by molar-refractivity contribution is 4.91. The van der Waals surface area contributed by atoms with Crippen molar-refractivity contribution in [1.29, 1.82) is 0 Å². The van der Waals surface area contributed by atoms with Gasteiger partial charge in [-0.2, -0.15) is 0 Å². The van der Waals surface area contributed by atoms with Crippen molar-refractivity contribution in [3.05, 3.63) is 0 Å². The molecule has 0 bridgehead atoms. The summed E-state index contributed by atoms with van der Waals surface area (Å²) in [5.74, 6) is 0.896. The van der Waals surface area contributed by atoms with E-state index in [0.717, 1.165) is 5.92 Å². The third-order valence-electron chi connectivity index (χ3n) is 2.92. The van der Waals surface area contributed by atoms with Crippen molar-refractivity contribution in [2.75, 3.05) is 0 Å². The van der Waals surface area contributed by atoms with E-state index < -0.39 is 0 Å². The summed E-state index contributed by atoms with van der Waals surface area (Å²) in [7, 11) is 0. The Kier molecular flexibility index (Phi) is 1.69. The molecule has 0 amide bonds. The second kappa shape index (κ2) is 2.54. The Labute approximate surface area is 62.8 Å². The van der Waals surface area contributed by atoms with Crippen molar-refractivity contribution >= 4 is 0 Å². The normalized spacial score (nSPS) is 45.9. The summed E-state index contributed by atoms with van der Waals surface area (Å²) in [5.41, 5.74) is 0. The molecule has 0 spiro atoms. The van der Waals surface area contributed by atoms with E-state index >= 15 is 0 Å². The predicted octanol–water partition coefficient (Wildman–Crippen LogP) is 2.35. The number of hydrogen-bond acceptors (Lipinski definition) is 1. The van der Waals surface area contributed by atoms with Gasteiger partial charge in [0.2, 0.25) is 0 Å². The first-order valence-electron chi connectivity index (χ1n) is 4.57. The molecular formula is C9H16O. The van der Waals surface area contributed by atoms with Gasteiger partial charge < -0.3 is 4.74 Å². The zero-order valence-electron chi connectivity index (χ0n) is 6.68. The standard InChI is InChI=1S/C9H16O/c1-2-7-5-3-4-6-8-9(7)10-8/h7-9H,2-6H2,1H3. The molecule has 1 heterocycles. The van der Waals surface area contributed by atoms with Gasteiger partial charge in [0.15, 0.2) is 0 Å². The van der Waals surface area contributed by atoms with Gasteiger partial charge in [0.05, 0.1) is 12.2 Å². The Bertz CT molecular complexity index is 122. The maximum Gasteiger partial charge on any atom is 0.0869 e. The fraction of sp³-hybridized carbons (Fsp3) is 1.00. The van der Waals surface area contributed by atoms with E-state index in [2.05, 4.69) is 6.92 Å². The van der Waals surface area contributed by atoms with Gasteiger partial charge in [0.1, 0.15) is 0 Å². The summed E-state index contributed by atoms with van der Waals surface area (Å²) >= 11 is 0. The molecule has 1 aliphatic carbocycles. The van der Waals surface area contributed by atoms with E-state index in [1.165, 1.54) is 32.1 Å². The topological polar surface area (TPSA) is 12.5 Å². The van der Waals surface area contributed by atoms with Crippen LogP contribution >= 0.6 is 0 Å². The van der Waals surface area contributed by atoms with E-state index in [-0.39, 0.29) is 0 Å². The van der Waals surface area contributed by atoms with E-state index in [1.54, 1.807) is 0 Å². The first kappa shape index (κ1) is 6.66. The van der Waals surface area contributed by atoms with Crippen LogP contribution in [-0.2, 0) is 4.74 Å². The Hall–Kier alpha value is -0.0400. The van der Waals surface area contributed by atoms with Gasteiger partial charge in [-0.1, -0.05) is 26.2 Å². The van der Waals surface area contributed by atoms with Crippen LogP contribution in [0.1, 0.15) is 39.0 Å². The molecule has 2 rings (SSSR count). The molecule has 3 unspecified atom stereocenters. The van der Waals surface area contributed by atoms with Gasteiger partial charge in [-0.15, -0.1) is 0 Å². The molecular weight excluding hydrogens is 124 g/mol. The van der Waals surface area contributed by atoms with Crippen LogP contribution in [-0.4, -0.2) is 12.2 Å². The van der Waals surface area contributed by atoms with Crippen LogP contribution in [0.15, 0.2) is 0 Å². The third-order valence-corrected chi connectivity index (χ3v) is 2.92. The van der Waals surface area contributed by atoms with Crippen molar-refractivity contribution < 1.29 is 4.74 Å². The predicted molar refractivity (Wildman–Crippen MR) is 40.9 cm³/mol. The lowest BCUT2D eigenvalue weighted by atomic mass is 9.97. The Morgan fingerprint density at radius 1 is 1.30 bits per heavy atom. The molecule has 0 aromatic carbocycles. The molecule has 1 nitrogen and oxygen atoms in total. The van der Waals surface area contributed by atoms with Crippen LogP contribution in [0, 0.1) is 5.92 Å². The zero-order valence-corrected chi connectivity index (χ0v) is 6.68. The largest absolute Gasteiger partial charge is 0.369 e. The highest BCUT2D eigenvalue weighted by Gasteiger charge is 2.44. The van der Waals surface area contributed by atoms with Gasteiger partial charge in [0, 0.05) is 0 Å². The Morgan fingerprint density at radius 3 is 2.90 bits per heavy atom. The molecule has 1 heteroatoms. The SMILES string of the molecule is CCC1CCCCC2OC12. The number of epoxide rings is 1. The average Bonchev–Trinajstić information content (AvgIpc) is 2.63. The highest BCUT2D eigenvalue weighted by Crippen LogP contribution is 2.40. The van der Waals surface area contributed by atoms with Crippen molar-refractivity contribution in [3.8, 4) is 0 Å². The first-order valence-corrected chi connectivity index (χ1v) is 4.57. The van der Waals surface area contributed by atoms with Crippen LogP contribution in [0.2, 0.25) is 0 Å². The Morgan fingerprint density at radius 2 is 2.10 bits per heavy atom. The summed E-state index contributed by atoms with van der Waals surface area (Å²) < 4.78 is 5.56. The average molecular weight is 140 g/mol. The number of fused-ring (bicyclic) bond motifs is 1. The van der Waals surface area contributed by atoms with Crippen LogP contribution < -0.4 is 0 Å². The lowest BCUT2D eigenvalue weighted by Gasteiger charge is -2.08. The van der Waals surface area contributed by atoms with Gasteiger partial charge in [-0.25, -0.2) is 0 Å². The lowest BCUT2D eigenvalue weighted by Crippen LogP contribution is -2.06. The molecule has 58 valence electrons. The minimum Gasteiger partial charge on any atom is -0.369 e. The van der Waals surface area contributed by atoms with E-state index in [0.29, 0.717) is 12.2 Å². The maximum absolute atomic E-state index is 5.56. The minimum absolute atomic E-state index is 0.674. The zero-order chi connectivity index (χ0) is 6.97. The van der Waals surface area contributed by atoms with Gasteiger partial charge in [0.25, 0.3) is 0 Å². The fourth-order valence-electron chi connectivity index (χ4n) is 2.16. The first-order chi connectivity index (χ1) is 4.92. The molecule has 0 radical (unpaired) electrons. The molecule has 3 atom stereocenters. The monoisotopic (exact) mass is 140 g/mol. The van der Waals surface area contributed by atoms with E-state index in [9.17, 15) is 0 Å². The van der Waals surface area contributed by atoms with Gasteiger partial charge in [-0.3, -0.25) is 0 Å². The summed E-state index contributed by atoms with van der Waals surface area (Å²) in [6.45, 7) is 2.29. The van der Waals surface area contributed by atoms with Crippen molar-refractivity contribution in [2.45, 2.75) is 51.2 Å². The summed E-state index contributed by atoms with van der Waals surface area (Å²) in [4.78, 5) is 0. The molecule has 2 aliphatic rings. The van der Waals surface area contributed by atoms with E-state index in [1.807, 2.05) is 0 Å². The van der Waals surface area contributed by atoms with Crippen LogP contribution in [0.4, 0.5) is 0 Å². The summed E-state index contributed by atoms with van der Waals surface area (Å²) in [6, 6.07) is 0. The van der Waals surface area contributed by atoms with Crippen LogP contribution in [0.25, 0.3) is 0 Å². The van der Waals surface area contributed by atoms with Crippen LogP contribution in [0.5, 0.6) is 0 Å². The van der Waals surface area contributed by atoms with Crippen molar-refractivity contribution in [3.63, 3.8) is 0 Å². The fourth-order valence-corrected chi connectivity index (χ4v) is 2.16. The van der Waals surface area contributed by atoms with Gasteiger partial charge >= 0.3 is 0 Å². The molecule has 0 aromatic heterocycles. The molecule has 1 aliphatic heterocycles. The number of hydrogen-bond donors (Lipinski definition) is 0. The maximum atomic E-state index is 5.56. The van der Waals surface area contributed by atoms with Gasteiger partial charge in [-0.05, 0) is 18.8 Å². The molecule has 1 saturated carbocycles. The smallest absolute Gasteiger partial charge is 0.0869 e. The second-order valence-electron chi connectivity index (χ2n) is 3.59. The van der Waals surface area contributed by atoms with E-state index in [4.69, 9.17) is 4.74 Å².